The van der Waals surface area contributed by atoms with Crippen molar-refractivity contribution in [2.45, 2.75) is 12.6 Å². The summed E-state index contributed by atoms with van der Waals surface area (Å²) in [7, 11) is 3.16. The summed E-state index contributed by atoms with van der Waals surface area (Å²) in [6.45, 7) is 1.66. The number of rotatable bonds is 6. The fraction of sp³-hybridized carbons (Fsp3) is 0.154. The van der Waals surface area contributed by atoms with Gasteiger partial charge in [-0.25, -0.2) is 0 Å². The summed E-state index contributed by atoms with van der Waals surface area (Å²) >= 11 is 6.25. The van der Waals surface area contributed by atoms with Gasteiger partial charge in [0.15, 0.2) is 5.66 Å². The van der Waals surface area contributed by atoms with Crippen LogP contribution in [0.1, 0.15) is 17.3 Å². The van der Waals surface area contributed by atoms with E-state index in [9.17, 15) is 9.59 Å². The number of amides is 2. The SMILES string of the molecule is COc1ccc(N2C=CN(c3ccc(OC)cc3)C(C)(NC(=O)c3ccccc3Cl)C2=O)cc1. The molecule has 34 heavy (non-hydrogen) atoms. The van der Waals surface area contributed by atoms with Crippen molar-refractivity contribution >= 4 is 34.8 Å². The van der Waals surface area contributed by atoms with Crippen molar-refractivity contribution in [3.05, 3.63) is 95.8 Å². The Labute approximate surface area is 203 Å². The van der Waals surface area contributed by atoms with Crippen molar-refractivity contribution in [2.75, 3.05) is 24.0 Å². The van der Waals surface area contributed by atoms with Crippen molar-refractivity contribution in [1.82, 2.24) is 5.32 Å². The Morgan fingerprint density at radius 1 is 0.853 bits per heavy atom. The molecule has 7 nitrogen and oxygen atoms in total. The highest BCUT2D eigenvalue weighted by Crippen LogP contribution is 2.33. The molecule has 0 fully saturated rings. The van der Waals surface area contributed by atoms with E-state index in [1.54, 1.807) is 99.1 Å². The molecule has 174 valence electrons. The van der Waals surface area contributed by atoms with E-state index in [0.717, 1.165) is 0 Å². The molecule has 0 radical (unpaired) electrons. The largest absolute Gasteiger partial charge is 0.497 e. The van der Waals surface area contributed by atoms with E-state index in [1.165, 1.54) is 4.90 Å². The van der Waals surface area contributed by atoms with Crippen LogP contribution < -0.4 is 24.6 Å². The molecule has 0 aromatic heterocycles. The number of nitrogens with one attached hydrogen (secondary N) is 1. The van der Waals surface area contributed by atoms with Gasteiger partial charge in [0.1, 0.15) is 11.5 Å². The van der Waals surface area contributed by atoms with Gasteiger partial charge >= 0.3 is 0 Å². The first-order valence-corrected chi connectivity index (χ1v) is 10.9. The second-order valence-electron chi connectivity index (χ2n) is 7.75. The zero-order valence-electron chi connectivity index (χ0n) is 19.0. The minimum Gasteiger partial charge on any atom is -0.497 e. The lowest BCUT2D eigenvalue weighted by atomic mass is 10.0. The molecule has 0 saturated heterocycles. The first-order valence-electron chi connectivity index (χ1n) is 10.5. The van der Waals surface area contributed by atoms with E-state index >= 15 is 0 Å². The van der Waals surface area contributed by atoms with Crippen LogP contribution >= 0.6 is 11.6 Å². The number of carbonyl (C=O) groups excluding carboxylic acids is 2. The average molecular weight is 478 g/mol. The van der Waals surface area contributed by atoms with E-state index in [0.29, 0.717) is 27.9 Å². The van der Waals surface area contributed by atoms with Crippen LogP contribution in [0.25, 0.3) is 0 Å². The number of carbonyl (C=O) groups is 2. The van der Waals surface area contributed by atoms with E-state index in [1.807, 2.05) is 12.1 Å². The van der Waals surface area contributed by atoms with E-state index < -0.39 is 11.6 Å². The third kappa shape index (κ3) is 4.30. The maximum absolute atomic E-state index is 13.9. The molecular formula is C26H24ClN3O4. The molecule has 0 bridgehead atoms. The summed E-state index contributed by atoms with van der Waals surface area (Å²) < 4.78 is 10.5. The summed E-state index contributed by atoms with van der Waals surface area (Å²) in [6, 6.07) is 21.0. The normalized spacial score (nSPS) is 17.5. The summed E-state index contributed by atoms with van der Waals surface area (Å²) in [5.41, 5.74) is 0.147. The smallest absolute Gasteiger partial charge is 0.277 e. The van der Waals surface area contributed by atoms with Crippen LogP contribution in [0.2, 0.25) is 5.02 Å². The molecule has 4 rings (SSSR count). The number of hydrogen-bond donors (Lipinski definition) is 1. The van der Waals surface area contributed by atoms with E-state index in [-0.39, 0.29) is 11.5 Å². The Bertz CT molecular complexity index is 1230. The number of methoxy groups -OCH3 is 2. The Morgan fingerprint density at radius 3 is 1.97 bits per heavy atom. The van der Waals surface area contributed by atoms with Crippen molar-refractivity contribution in [3.8, 4) is 11.5 Å². The predicted molar refractivity (Wildman–Crippen MR) is 132 cm³/mol. The van der Waals surface area contributed by atoms with Crippen LogP contribution in [0, 0.1) is 0 Å². The van der Waals surface area contributed by atoms with Gasteiger partial charge < -0.3 is 19.7 Å². The molecule has 1 unspecified atom stereocenters. The van der Waals surface area contributed by atoms with Gasteiger partial charge in [0, 0.05) is 23.8 Å². The number of benzene rings is 3. The highest BCUT2D eigenvalue weighted by molar-refractivity contribution is 6.34. The summed E-state index contributed by atoms with van der Waals surface area (Å²) in [5.74, 6) is 0.533. The highest BCUT2D eigenvalue weighted by atomic mass is 35.5. The van der Waals surface area contributed by atoms with Gasteiger partial charge in [-0.2, -0.15) is 0 Å². The summed E-state index contributed by atoms with van der Waals surface area (Å²) in [5, 5.41) is 3.20. The topological polar surface area (TPSA) is 71.1 Å². The lowest BCUT2D eigenvalue weighted by Crippen LogP contribution is -2.67. The second-order valence-corrected chi connectivity index (χ2v) is 8.15. The Morgan fingerprint density at radius 2 is 1.41 bits per heavy atom. The van der Waals surface area contributed by atoms with Crippen LogP contribution in [-0.4, -0.2) is 31.7 Å². The fourth-order valence-electron chi connectivity index (χ4n) is 3.77. The lowest BCUT2D eigenvalue weighted by molar-refractivity contribution is -0.123. The van der Waals surface area contributed by atoms with Crippen LogP contribution in [0.3, 0.4) is 0 Å². The van der Waals surface area contributed by atoms with Crippen LogP contribution in [0.5, 0.6) is 11.5 Å². The number of anilines is 2. The first kappa shape index (κ1) is 23.2. The third-order valence-electron chi connectivity index (χ3n) is 5.66. The van der Waals surface area contributed by atoms with Gasteiger partial charge in [0.25, 0.3) is 11.8 Å². The van der Waals surface area contributed by atoms with Crippen molar-refractivity contribution in [3.63, 3.8) is 0 Å². The van der Waals surface area contributed by atoms with Crippen molar-refractivity contribution < 1.29 is 19.1 Å². The molecule has 0 saturated carbocycles. The number of hydrogen-bond acceptors (Lipinski definition) is 5. The summed E-state index contributed by atoms with van der Waals surface area (Å²) in [4.78, 5) is 30.3. The van der Waals surface area contributed by atoms with Gasteiger partial charge in [-0.3, -0.25) is 14.5 Å². The molecular weight excluding hydrogens is 454 g/mol. The number of nitrogens with zero attached hydrogens (tertiary/aromatic N) is 2. The molecule has 3 aromatic rings. The number of ether oxygens (including phenoxy) is 2. The molecule has 3 aromatic carbocycles. The van der Waals surface area contributed by atoms with Gasteiger partial charge in [-0.05, 0) is 67.6 Å². The van der Waals surface area contributed by atoms with E-state index in [4.69, 9.17) is 21.1 Å². The van der Waals surface area contributed by atoms with Gasteiger partial charge in [-0.15, -0.1) is 0 Å². The standard InChI is InChI=1S/C26H24ClN3O4/c1-26(28-24(31)22-6-4-5-7-23(22)27)25(32)29(18-8-12-20(33-2)13-9-18)16-17-30(26)19-10-14-21(34-3)15-11-19/h4-17H,1-3H3,(H,28,31). The highest BCUT2D eigenvalue weighted by Gasteiger charge is 2.46. The maximum Gasteiger partial charge on any atom is 0.277 e. The van der Waals surface area contributed by atoms with Gasteiger partial charge in [0.05, 0.1) is 24.8 Å². The molecule has 1 aliphatic rings. The first-order chi connectivity index (χ1) is 16.4. The van der Waals surface area contributed by atoms with Crippen LogP contribution in [-0.2, 0) is 4.79 Å². The van der Waals surface area contributed by atoms with Crippen molar-refractivity contribution in [1.29, 1.82) is 0 Å². The molecule has 8 heteroatoms. The van der Waals surface area contributed by atoms with Crippen LogP contribution in [0.15, 0.2) is 85.2 Å². The third-order valence-corrected chi connectivity index (χ3v) is 5.99. The molecule has 1 aliphatic heterocycles. The minimum absolute atomic E-state index is 0.276. The van der Waals surface area contributed by atoms with E-state index in [2.05, 4.69) is 5.32 Å². The van der Waals surface area contributed by atoms with Gasteiger partial charge in [-0.1, -0.05) is 23.7 Å². The predicted octanol–water partition coefficient (Wildman–Crippen LogP) is 4.83. The second kappa shape index (κ2) is 9.49. The molecule has 1 atom stereocenters. The Kier molecular flexibility index (Phi) is 6.47. The van der Waals surface area contributed by atoms with Crippen LogP contribution in [0.4, 0.5) is 11.4 Å². The number of halogens is 1. The Balaban J connectivity index is 1.76. The zero-order valence-corrected chi connectivity index (χ0v) is 19.7. The zero-order chi connectivity index (χ0) is 24.3. The quantitative estimate of drug-likeness (QED) is 0.550. The molecule has 0 aliphatic carbocycles. The molecule has 2 amide bonds. The maximum atomic E-state index is 13.9. The summed E-state index contributed by atoms with van der Waals surface area (Å²) in [6.07, 6.45) is 3.41. The molecule has 1 N–H and O–H groups in total. The molecule has 1 heterocycles. The molecule has 0 spiro atoms. The monoisotopic (exact) mass is 477 g/mol. The van der Waals surface area contributed by atoms with Gasteiger partial charge in [0.2, 0.25) is 0 Å². The lowest BCUT2D eigenvalue weighted by Gasteiger charge is -2.45. The van der Waals surface area contributed by atoms with Crippen molar-refractivity contribution in [2.24, 2.45) is 0 Å². The Hall–Kier alpha value is -3.97. The average Bonchev–Trinajstić information content (AvgIpc) is 2.86. The fourth-order valence-corrected chi connectivity index (χ4v) is 3.99. The minimum atomic E-state index is -1.46.